The lowest BCUT2D eigenvalue weighted by atomic mass is 9.96. The van der Waals surface area contributed by atoms with E-state index < -0.39 is 0 Å². The minimum atomic E-state index is 0.221. The van der Waals surface area contributed by atoms with Crippen molar-refractivity contribution in [3.05, 3.63) is 40.2 Å². The normalized spacial score (nSPS) is 17.0. The summed E-state index contributed by atoms with van der Waals surface area (Å²) in [5.74, 6) is 0.833. The Morgan fingerprint density at radius 2 is 2.17 bits per heavy atom. The first-order chi connectivity index (χ1) is 14.5. The van der Waals surface area contributed by atoms with Crippen molar-refractivity contribution in [3.63, 3.8) is 0 Å². The van der Waals surface area contributed by atoms with Gasteiger partial charge in [-0.3, -0.25) is 9.08 Å². The highest BCUT2D eigenvalue weighted by Crippen LogP contribution is 2.37. The SMILES string of the molecule is Cc1nsc(Nc2nc(C3CCCNC3)c(Cl)n3c(-c4cnn(C)c4)cnc23)c1Cl. The molecule has 0 saturated carbocycles. The molecule has 5 heterocycles. The van der Waals surface area contributed by atoms with Crippen molar-refractivity contribution in [3.8, 4) is 11.3 Å². The van der Waals surface area contributed by atoms with Crippen molar-refractivity contribution in [2.45, 2.75) is 25.7 Å². The Bertz CT molecular complexity index is 1220. The van der Waals surface area contributed by atoms with Gasteiger partial charge in [-0.1, -0.05) is 23.2 Å². The Hall–Kier alpha value is -2.20. The van der Waals surface area contributed by atoms with Crippen LogP contribution in [-0.4, -0.2) is 41.6 Å². The van der Waals surface area contributed by atoms with E-state index in [-0.39, 0.29) is 5.92 Å². The highest BCUT2D eigenvalue weighted by Gasteiger charge is 2.25. The zero-order valence-electron chi connectivity index (χ0n) is 16.5. The van der Waals surface area contributed by atoms with E-state index in [1.807, 2.05) is 24.6 Å². The molecule has 4 aromatic heterocycles. The van der Waals surface area contributed by atoms with E-state index in [1.165, 1.54) is 11.5 Å². The minimum Gasteiger partial charge on any atom is -0.326 e. The lowest BCUT2D eigenvalue weighted by Crippen LogP contribution is -2.29. The zero-order valence-corrected chi connectivity index (χ0v) is 18.8. The number of anilines is 2. The monoisotopic (exact) mass is 462 g/mol. The van der Waals surface area contributed by atoms with Crippen molar-refractivity contribution < 1.29 is 0 Å². The predicted octanol–water partition coefficient (Wildman–Crippen LogP) is 4.41. The van der Waals surface area contributed by atoms with E-state index in [0.717, 1.165) is 53.6 Å². The third-order valence-electron chi connectivity index (χ3n) is 5.32. The molecule has 0 radical (unpaired) electrons. The molecule has 11 heteroatoms. The fourth-order valence-electron chi connectivity index (χ4n) is 3.78. The van der Waals surface area contributed by atoms with Gasteiger partial charge in [0, 0.05) is 31.3 Å². The largest absolute Gasteiger partial charge is 0.326 e. The van der Waals surface area contributed by atoms with Crippen molar-refractivity contribution in [2.24, 2.45) is 7.05 Å². The third-order valence-corrected chi connectivity index (χ3v) is 7.11. The van der Waals surface area contributed by atoms with Gasteiger partial charge in [-0.2, -0.15) is 9.47 Å². The Morgan fingerprint density at radius 3 is 2.83 bits per heavy atom. The molecule has 0 aliphatic carbocycles. The fraction of sp³-hybridized carbons (Fsp3) is 0.368. The molecule has 0 spiro atoms. The van der Waals surface area contributed by atoms with Crippen LogP contribution >= 0.6 is 34.7 Å². The van der Waals surface area contributed by atoms with Gasteiger partial charge in [-0.05, 0) is 37.8 Å². The van der Waals surface area contributed by atoms with Gasteiger partial charge in [-0.25, -0.2) is 9.97 Å². The van der Waals surface area contributed by atoms with Crippen molar-refractivity contribution in [1.29, 1.82) is 0 Å². The van der Waals surface area contributed by atoms with Crippen LogP contribution in [0.3, 0.4) is 0 Å². The quantitative estimate of drug-likeness (QED) is 0.467. The number of aromatic nitrogens is 6. The summed E-state index contributed by atoms with van der Waals surface area (Å²) < 4.78 is 8.03. The smallest absolute Gasteiger partial charge is 0.182 e. The van der Waals surface area contributed by atoms with E-state index in [2.05, 4.69) is 25.1 Å². The van der Waals surface area contributed by atoms with Crippen LogP contribution in [-0.2, 0) is 7.05 Å². The number of nitrogens with one attached hydrogen (secondary N) is 2. The van der Waals surface area contributed by atoms with Crippen LogP contribution in [0.2, 0.25) is 10.2 Å². The number of nitrogens with zero attached hydrogens (tertiary/aromatic N) is 6. The van der Waals surface area contributed by atoms with E-state index in [9.17, 15) is 0 Å². The lowest BCUT2D eigenvalue weighted by Gasteiger charge is -2.24. The average molecular weight is 463 g/mol. The molecule has 5 rings (SSSR count). The van der Waals surface area contributed by atoms with Crippen LogP contribution in [0.25, 0.3) is 16.9 Å². The predicted molar refractivity (Wildman–Crippen MR) is 120 cm³/mol. The second-order valence-corrected chi connectivity index (χ2v) is 8.93. The summed E-state index contributed by atoms with van der Waals surface area (Å²) in [5, 5.41) is 13.0. The molecule has 0 aromatic carbocycles. The van der Waals surface area contributed by atoms with E-state index in [4.69, 9.17) is 28.2 Å². The molecule has 1 saturated heterocycles. The molecule has 1 fully saturated rings. The molecule has 4 aromatic rings. The number of imidazole rings is 1. The van der Waals surface area contributed by atoms with Crippen LogP contribution < -0.4 is 10.6 Å². The van der Waals surface area contributed by atoms with Crippen molar-refractivity contribution in [1.82, 2.24) is 33.8 Å². The highest BCUT2D eigenvalue weighted by atomic mass is 35.5. The number of hydrogen-bond donors (Lipinski definition) is 2. The van der Waals surface area contributed by atoms with Crippen molar-refractivity contribution >= 4 is 51.2 Å². The summed E-state index contributed by atoms with van der Waals surface area (Å²) >= 11 is 14.7. The number of fused-ring (bicyclic) bond motifs is 1. The van der Waals surface area contributed by atoms with E-state index in [0.29, 0.717) is 21.6 Å². The topological polar surface area (TPSA) is 85.0 Å². The zero-order chi connectivity index (χ0) is 20.8. The van der Waals surface area contributed by atoms with E-state index in [1.54, 1.807) is 17.1 Å². The van der Waals surface area contributed by atoms with E-state index >= 15 is 0 Å². The second kappa shape index (κ2) is 7.81. The molecule has 2 N–H and O–H groups in total. The van der Waals surface area contributed by atoms with Crippen LogP contribution in [0.5, 0.6) is 0 Å². The first kappa shape index (κ1) is 19.7. The highest BCUT2D eigenvalue weighted by molar-refractivity contribution is 7.11. The average Bonchev–Trinajstić information content (AvgIpc) is 3.46. The maximum atomic E-state index is 6.93. The van der Waals surface area contributed by atoms with Gasteiger partial charge in [0.25, 0.3) is 0 Å². The number of piperidine rings is 1. The molecule has 30 heavy (non-hydrogen) atoms. The minimum absolute atomic E-state index is 0.221. The maximum Gasteiger partial charge on any atom is 0.182 e. The first-order valence-corrected chi connectivity index (χ1v) is 11.2. The molecule has 0 amide bonds. The molecule has 0 bridgehead atoms. The van der Waals surface area contributed by atoms with Crippen LogP contribution in [0, 0.1) is 6.92 Å². The Balaban J connectivity index is 1.70. The number of aryl methyl sites for hydroxylation is 2. The van der Waals surface area contributed by atoms with Gasteiger partial charge >= 0.3 is 0 Å². The molecule has 1 aliphatic rings. The van der Waals surface area contributed by atoms with Crippen molar-refractivity contribution in [2.75, 3.05) is 18.4 Å². The Labute approximate surface area is 187 Å². The summed E-state index contributed by atoms with van der Waals surface area (Å²) in [5.41, 5.74) is 4.06. The Kier molecular flexibility index (Phi) is 5.14. The van der Waals surface area contributed by atoms with Gasteiger partial charge in [0.05, 0.1) is 34.5 Å². The summed E-state index contributed by atoms with van der Waals surface area (Å²) in [6.07, 6.45) is 7.66. The standard InChI is InChI=1S/C19H20Cl2N8S/c1-10-14(20)19(30-27-10)26-17-18-23-8-13(12-7-24-28(2)9-12)29(18)16(21)15(25-17)11-4-3-5-22-6-11/h7-9,11,22H,3-6H2,1-2H3,(H,25,26). The molecular weight excluding hydrogens is 443 g/mol. The number of rotatable bonds is 4. The molecular formula is C19H20Cl2N8S. The maximum absolute atomic E-state index is 6.93. The van der Waals surface area contributed by atoms with Crippen LogP contribution in [0.4, 0.5) is 10.8 Å². The first-order valence-electron chi connectivity index (χ1n) is 9.68. The molecule has 1 atom stereocenters. The summed E-state index contributed by atoms with van der Waals surface area (Å²) in [6, 6.07) is 0. The molecule has 156 valence electrons. The fourth-order valence-corrected chi connectivity index (χ4v) is 5.08. The van der Waals surface area contributed by atoms with Gasteiger partial charge in [0.2, 0.25) is 0 Å². The van der Waals surface area contributed by atoms with Gasteiger partial charge < -0.3 is 10.6 Å². The molecule has 1 aliphatic heterocycles. The number of halogens is 2. The molecule has 1 unspecified atom stereocenters. The van der Waals surface area contributed by atoms with Gasteiger partial charge in [-0.15, -0.1) is 0 Å². The second-order valence-electron chi connectivity index (χ2n) is 7.42. The van der Waals surface area contributed by atoms with Crippen LogP contribution in [0.1, 0.15) is 30.1 Å². The summed E-state index contributed by atoms with van der Waals surface area (Å²) in [6.45, 7) is 3.74. The lowest BCUT2D eigenvalue weighted by molar-refractivity contribution is 0.454. The Morgan fingerprint density at radius 1 is 1.30 bits per heavy atom. The third kappa shape index (κ3) is 3.35. The number of hydrogen-bond acceptors (Lipinski definition) is 7. The van der Waals surface area contributed by atoms with Crippen LogP contribution in [0.15, 0.2) is 18.6 Å². The summed E-state index contributed by atoms with van der Waals surface area (Å²) in [4.78, 5) is 9.54. The molecule has 8 nitrogen and oxygen atoms in total. The van der Waals surface area contributed by atoms with Gasteiger partial charge in [0.1, 0.15) is 10.2 Å². The summed E-state index contributed by atoms with van der Waals surface area (Å²) in [7, 11) is 1.89. The van der Waals surface area contributed by atoms with Gasteiger partial charge in [0.15, 0.2) is 11.5 Å².